The minimum atomic E-state index is -0.668. The van der Waals surface area contributed by atoms with Gasteiger partial charge in [0.1, 0.15) is 0 Å². The summed E-state index contributed by atoms with van der Waals surface area (Å²) in [5.41, 5.74) is 0. The fraction of sp³-hybridized carbons (Fsp3) is 0.786. The molecule has 0 aromatic heterocycles. The van der Waals surface area contributed by atoms with Gasteiger partial charge < -0.3 is 5.11 Å². The molecular weight excluding hydrogens is 315 g/mol. The first kappa shape index (κ1) is 19.4. The van der Waals surface area contributed by atoms with Crippen LogP contribution in [0.1, 0.15) is 71.1 Å². The van der Waals surface area contributed by atoms with Crippen LogP contribution in [0.5, 0.6) is 0 Å². The molecule has 0 unspecified atom stereocenters. The van der Waals surface area contributed by atoms with Crippen LogP contribution in [0, 0.1) is 0 Å². The van der Waals surface area contributed by atoms with Gasteiger partial charge in [0.2, 0.25) is 0 Å². The number of aliphatic carboxylic acids is 1. The number of carboxylic acids is 1. The molecule has 0 rings (SSSR count). The van der Waals surface area contributed by atoms with Gasteiger partial charge in [-0.05, 0) is 25.7 Å². The van der Waals surface area contributed by atoms with Crippen molar-refractivity contribution in [3.63, 3.8) is 0 Å². The average Bonchev–Trinajstić information content (AvgIpc) is 2.25. The third kappa shape index (κ3) is 18.6. The zero-order valence-corrected chi connectivity index (χ0v) is 10.6. The molecule has 17 heavy (non-hydrogen) atoms. The summed E-state index contributed by atoms with van der Waals surface area (Å²) in [5.74, 6) is -0.668. The molecular formula is C14H29InO2. The molecule has 3 heteroatoms. The molecule has 0 fully saturated rings. The summed E-state index contributed by atoms with van der Waals surface area (Å²) < 4.78 is 0. The Bertz CT molecular complexity index is 191. The normalized spacial score (nSPS) is 10.4. The standard InChI is InChI=1S/C14H26O2.In.3H/c1-2-3-4-5-6-7-8-9-10-11-12-13-14(15)16;;;;/h5-6H,2-4,7-13H2,1H3,(H,15,16);;;;/b6-5-;;;;. The van der Waals surface area contributed by atoms with E-state index in [0.717, 1.165) is 12.8 Å². The predicted molar refractivity (Wildman–Crippen MR) is 78.6 cm³/mol. The van der Waals surface area contributed by atoms with E-state index in [2.05, 4.69) is 19.1 Å². The zero-order chi connectivity index (χ0) is 12.1. The molecule has 0 amide bonds. The van der Waals surface area contributed by atoms with Gasteiger partial charge in [-0.2, -0.15) is 0 Å². The first-order valence-electron chi connectivity index (χ1n) is 6.64. The Hall–Kier alpha value is 0.0801. The van der Waals surface area contributed by atoms with Gasteiger partial charge in [0.15, 0.2) is 0 Å². The summed E-state index contributed by atoms with van der Waals surface area (Å²) in [4.78, 5) is 10.3. The van der Waals surface area contributed by atoms with E-state index in [1.807, 2.05) is 0 Å². The molecule has 2 nitrogen and oxygen atoms in total. The van der Waals surface area contributed by atoms with Gasteiger partial charge >= 0.3 is 31.8 Å². The molecule has 0 saturated heterocycles. The van der Waals surface area contributed by atoms with Crippen LogP contribution >= 0.6 is 0 Å². The molecule has 100 valence electrons. The molecule has 0 aliphatic heterocycles. The van der Waals surface area contributed by atoms with Crippen LogP contribution in [0.3, 0.4) is 0 Å². The Morgan fingerprint density at radius 3 is 2.06 bits per heavy atom. The Morgan fingerprint density at radius 1 is 0.941 bits per heavy atom. The number of carboxylic acid groups (broad SMARTS) is 1. The Labute approximate surface area is 125 Å². The van der Waals surface area contributed by atoms with Gasteiger partial charge in [-0.15, -0.1) is 0 Å². The number of hydrogen-bond donors (Lipinski definition) is 1. The van der Waals surface area contributed by atoms with Crippen LogP contribution in [0.25, 0.3) is 0 Å². The number of rotatable bonds is 11. The summed E-state index contributed by atoms with van der Waals surface area (Å²) in [7, 11) is 0. The molecule has 1 N–H and O–H groups in total. The van der Waals surface area contributed by atoms with Crippen LogP contribution in [0.4, 0.5) is 0 Å². The summed E-state index contributed by atoms with van der Waals surface area (Å²) in [6, 6.07) is 0. The van der Waals surface area contributed by atoms with E-state index in [4.69, 9.17) is 5.11 Å². The van der Waals surface area contributed by atoms with Crippen molar-refractivity contribution in [2.75, 3.05) is 0 Å². The first-order chi connectivity index (χ1) is 7.77. The second-order valence-electron chi connectivity index (χ2n) is 4.31. The first-order valence-corrected chi connectivity index (χ1v) is 6.64. The van der Waals surface area contributed by atoms with Crippen molar-refractivity contribution in [1.29, 1.82) is 0 Å². The van der Waals surface area contributed by atoms with E-state index in [-0.39, 0.29) is 25.8 Å². The molecule has 0 aromatic rings. The maximum atomic E-state index is 10.3. The van der Waals surface area contributed by atoms with Crippen LogP contribution in [0.2, 0.25) is 0 Å². The summed E-state index contributed by atoms with van der Waals surface area (Å²) in [5, 5.41) is 8.45. The number of carbonyl (C=O) groups is 1. The van der Waals surface area contributed by atoms with Gasteiger partial charge in [0.05, 0.1) is 0 Å². The van der Waals surface area contributed by atoms with E-state index in [0.29, 0.717) is 6.42 Å². The Kier molecular flexibility index (Phi) is 18.4. The van der Waals surface area contributed by atoms with Gasteiger partial charge in [-0.3, -0.25) is 4.79 Å². The van der Waals surface area contributed by atoms with E-state index in [9.17, 15) is 4.79 Å². The number of allylic oxidation sites excluding steroid dienone is 2. The van der Waals surface area contributed by atoms with E-state index in [1.165, 1.54) is 44.9 Å². The van der Waals surface area contributed by atoms with Gasteiger partial charge in [-0.25, -0.2) is 0 Å². The average molecular weight is 344 g/mol. The monoisotopic (exact) mass is 344 g/mol. The van der Waals surface area contributed by atoms with Crippen LogP contribution in [-0.4, -0.2) is 36.9 Å². The van der Waals surface area contributed by atoms with Crippen molar-refractivity contribution in [2.45, 2.75) is 71.1 Å². The van der Waals surface area contributed by atoms with Crippen molar-refractivity contribution < 1.29 is 9.90 Å². The van der Waals surface area contributed by atoms with Crippen LogP contribution in [0.15, 0.2) is 12.2 Å². The Balaban J connectivity index is 0. The second-order valence-corrected chi connectivity index (χ2v) is 4.31. The second kappa shape index (κ2) is 16.1. The van der Waals surface area contributed by atoms with Crippen molar-refractivity contribution in [3.8, 4) is 0 Å². The quantitative estimate of drug-likeness (QED) is 0.461. The van der Waals surface area contributed by atoms with Crippen LogP contribution in [-0.2, 0) is 4.79 Å². The molecule has 0 aromatic carbocycles. The number of hydrogen-bond acceptors (Lipinski definition) is 1. The van der Waals surface area contributed by atoms with Gasteiger partial charge in [-0.1, -0.05) is 51.2 Å². The topological polar surface area (TPSA) is 37.3 Å². The van der Waals surface area contributed by atoms with E-state index >= 15 is 0 Å². The summed E-state index contributed by atoms with van der Waals surface area (Å²) in [6.07, 6.45) is 15.4. The van der Waals surface area contributed by atoms with Crippen molar-refractivity contribution in [2.24, 2.45) is 0 Å². The van der Waals surface area contributed by atoms with Crippen molar-refractivity contribution >= 4 is 31.8 Å². The van der Waals surface area contributed by atoms with Crippen molar-refractivity contribution in [1.82, 2.24) is 0 Å². The maximum absolute atomic E-state index is 10.3. The molecule has 0 saturated carbocycles. The molecule has 0 spiro atoms. The molecule has 0 aliphatic rings. The summed E-state index contributed by atoms with van der Waals surface area (Å²) >= 11 is 0. The molecule has 0 radical (unpaired) electrons. The zero-order valence-electron chi connectivity index (χ0n) is 10.6. The van der Waals surface area contributed by atoms with Gasteiger partial charge in [0, 0.05) is 6.42 Å². The minimum absolute atomic E-state index is 0. The van der Waals surface area contributed by atoms with E-state index in [1.54, 1.807) is 0 Å². The SMILES string of the molecule is CCCC/C=C\CCCCCCCC(=O)O.[InH3]. The fourth-order valence-corrected chi connectivity index (χ4v) is 1.63. The number of unbranched alkanes of at least 4 members (excludes halogenated alkanes) is 7. The summed E-state index contributed by atoms with van der Waals surface area (Å²) in [6.45, 7) is 2.21. The van der Waals surface area contributed by atoms with Gasteiger partial charge in [0.25, 0.3) is 0 Å². The molecule has 0 heterocycles. The predicted octanol–water partition coefficient (Wildman–Crippen LogP) is 3.36. The Morgan fingerprint density at radius 2 is 1.47 bits per heavy atom. The van der Waals surface area contributed by atoms with E-state index < -0.39 is 5.97 Å². The molecule has 0 atom stereocenters. The fourth-order valence-electron chi connectivity index (χ4n) is 1.63. The third-order valence-electron chi connectivity index (χ3n) is 2.65. The van der Waals surface area contributed by atoms with Crippen LogP contribution < -0.4 is 0 Å². The van der Waals surface area contributed by atoms with Crippen molar-refractivity contribution in [3.05, 3.63) is 12.2 Å². The molecule has 0 aliphatic carbocycles. The molecule has 0 bridgehead atoms. The third-order valence-corrected chi connectivity index (χ3v) is 2.65.